The summed E-state index contributed by atoms with van der Waals surface area (Å²) in [6.07, 6.45) is 0.520. The molecule has 2 aromatic heterocycles. The van der Waals surface area contributed by atoms with Gasteiger partial charge in [-0.05, 0) is 19.8 Å². The summed E-state index contributed by atoms with van der Waals surface area (Å²) in [6.45, 7) is 0.655. The van der Waals surface area contributed by atoms with Crippen molar-refractivity contribution in [2.75, 3.05) is 25.6 Å². The maximum Gasteiger partial charge on any atom is 0.353 e. The van der Waals surface area contributed by atoms with Crippen molar-refractivity contribution < 1.29 is 33.5 Å². The highest BCUT2D eigenvalue weighted by molar-refractivity contribution is 8.03. The number of carbonyl (C=O) groups is 3. The maximum atomic E-state index is 13.0. The summed E-state index contributed by atoms with van der Waals surface area (Å²) in [4.78, 5) is 62.7. The number of ether oxygens (including phenoxy) is 1. The number of aromatic nitrogens is 4. The molecule has 0 unspecified atom stereocenters. The lowest BCUT2D eigenvalue weighted by molar-refractivity contribution is -0.155. The largest absolute Gasteiger partial charge is 0.477 e. The van der Waals surface area contributed by atoms with E-state index >= 15 is 0 Å². The smallest absolute Gasteiger partial charge is 0.353 e. The molecule has 38 heavy (non-hydrogen) atoms. The Morgan fingerprint density at radius 1 is 1.42 bits per heavy atom. The first-order chi connectivity index (χ1) is 18.2. The first-order valence-electron chi connectivity index (χ1n) is 11.1. The van der Waals surface area contributed by atoms with Crippen LogP contribution in [0.3, 0.4) is 0 Å². The zero-order chi connectivity index (χ0) is 27.4. The summed E-state index contributed by atoms with van der Waals surface area (Å²) in [5.41, 5.74) is 4.47. The number of β-lactam (4-membered cyclic amide) rings is 1. The first-order valence-corrected chi connectivity index (χ1v) is 12.8. The van der Waals surface area contributed by atoms with Crippen molar-refractivity contribution >= 4 is 51.7 Å². The number of amides is 2. The number of nitrogens with zero attached hydrogens (tertiary/aromatic N) is 5. The summed E-state index contributed by atoms with van der Waals surface area (Å²) in [5.74, 6) is -3.07. The number of hydrogen-bond donors (Lipinski definition) is 4. The van der Waals surface area contributed by atoms with E-state index in [1.807, 2.05) is 0 Å². The van der Waals surface area contributed by atoms with Gasteiger partial charge in [-0.2, -0.15) is 0 Å². The van der Waals surface area contributed by atoms with Crippen molar-refractivity contribution in [3.05, 3.63) is 32.0 Å². The fraction of sp³-hybridized carbons (Fsp3) is 0.400. The number of rotatable bonds is 11. The highest BCUT2D eigenvalue weighted by Gasteiger charge is 2.54. The number of halogens is 1. The number of thioether (sulfide) groups is 1. The van der Waals surface area contributed by atoms with Crippen molar-refractivity contribution in [2.45, 2.75) is 37.0 Å². The van der Waals surface area contributed by atoms with Crippen LogP contribution in [0.4, 0.5) is 9.52 Å². The third-order valence-corrected chi connectivity index (χ3v) is 7.03. The van der Waals surface area contributed by atoms with Gasteiger partial charge in [0.2, 0.25) is 0 Å². The molecule has 0 aliphatic carbocycles. The maximum absolute atomic E-state index is 13.0. The number of allylic oxidation sites excluding steroid dienone is 1. The van der Waals surface area contributed by atoms with Gasteiger partial charge in [-0.15, -0.1) is 21.5 Å². The van der Waals surface area contributed by atoms with Crippen LogP contribution in [0, 0.1) is 0 Å². The molecular weight excluding hydrogens is 547 g/mol. The number of nitrogen functional groups attached to an aromatic ring is 1. The number of thiazole rings is 1. The van der Waals surface area contributed by atoms with E-state index in [9.17, 15) is 28.7 Å². The molecule has 2 aromatic rings. The van der Waals surface area contributed by atoms with Gasteiger partial charge in [-0.3, -0.25) is 24.3 Å². The summed E-state index contributed by atoms with van der Waals surface area (Å²) < 4.78 is 17.5. The van der Waals surface area contributed by atoms with Gasteiger partial charge in [0.25, 0.3) is 17.7 Å². The average molecular weight is 569 g/mol. The molecular formula is C20H21FN8O7S2. The fourth-order valence-electron chi connectivity index (χ4n) is 3.79. The summed E-state index contributed by atoms with van der Waals surface area (Å²) in [6, 6.07) is -1.70. The monoisotopic (exact) mass is 568 g/mol. The Labute approximate surface area is 221 Å². The number of oxime groups is 1. The van der Waals surface area contributed by atoms with Gasteiger partial charge in [-0.25, -0.2) is 14.2 Å². The normalized spacial score (nSPS) is 19.1. The van der Waals surface area contributed by atoms with Crippen molar-refractivity contribution in [1.82, 2.24) is 30.4 Å². The topological polar surface area (TPSA) is 215 Å². The number of carboxylic acids is 1. The van der Waals surface area contributed by atoms with Gasteiger partial charge in [0, 0.05) is 10.3 Å². The number of hydrogen-bond acceptors (Lipinski definition) is 13. The molecule has 0 radical (unpaired) electrons. The standard InChI is InChI=1S/C20H21FN8O7S2/c1-2-35-16-15(31)25-20(27-26-16)38-10-4-3-9-12(17(32)29(9)13(10)18(33)34)24-14(30)11(28-36-6-5-21)8-7-37-19(22)23-8/h7,9,12H,2-6H2,1H3,(H2,22,23)(H,24,30)(H,33,34)(H,25,27,31)/b28-11+/t9-,12+/m1/s1. The minimum absolute atomic E-state index is 0.0279. The molecule has 2 atom stereocenters. The molecule has 4 heterocycles. The van der Waals surface area contributed by atoms with Gasteiger partial charge in [-0.1, -0.05) is 16.9 Å². The molecule has 2 aliphatic heterocycles. The summed E-state index contributed by atoms with van der Waals surface area (Å²) in [7, 11) is 0. The second kappa shape index (κ2) is 11.5. The van der Waals surface area contributed by atoms with Crippen LogP contribution in [0.2, 0.25) is 0 Å². The highest BCUT2D eigenvalue weighted by atomic mass is 32.2. The van der Waals surface area contributed by atoms with Crippen molar-refractivity contribution in [3.8, 4) is 5.88 Å². The van der Waals surface area contributed by atoms with E-state index in [1.54, 1.807) is 6.92 Å². The predicted octanol–water partition coefficient (Wildman–Crippen LogP) is -0.130. The number of alkyl halides is 1. The van der Waals surface area contributed by atoms with Gasteiger partial charge >= 0.3 is 11.5 Å². The Morgan fingerprint density at radius 3 is 2.84 bits per heavy atom. The summed E-state index contributed by atoms with van der Waals surface area (Å²) in [5, 5.41) is 25.2. The van der Waals surface area contributed by atoms with Gasteiger partial charge in [0.15, 0.2) is 16.0 Å². The van der Waals surface area contributed by atoms with Gasteiger partial charge < -0.3 is 25.7 Å². The van der Waals surface area contributed by atoms with Gasteiger partial charge in [0.05, 0.1) is 12.6 Å². The minimum Gasteiger partial charge on any atom is -0.477 e. The Kier molecular flexibility index (Phi) is 8.20. The van der Waals surface area contributed by atoms with E-state index in [-0.39, 0.29) is 51.2 Å². The van der Waals surface area contributed by atoms with Crippen molar-refractivity contribution in [3.63, 3.8) is 0 Å². The van der Waals surface area contributed by atoms with Crippen LogP contribution in [0.5, 0.6) is 5.88 Å². The second-order valence-corrected chi connectivity index (χ2v) is 9.65. The molecule has 5 N–H and O–H groups in total. The third kappa shape index (κ3) is 5.44. The van der Waals surface area contributed by atoms with Crippen molar-refractivity contribution in [2.24, 2.45) is 5.16 Å². The zero-order valence-corrected chi connectivity index (χ0v) is 21.3. The Morgan fingerprint density at radius 2 is 2.21 bits per heavy atom. The van der Waals surface area contributed by atoms with Crippen LogP contribution in [-0.4, -0.2) is 85.6 Å². The lowest BCUT2D eigenvalue weighted by Gasteiger charge is -2.49. The Hall–Kier alpha value is -4.06. The van der Waals surface area contributed by atoms with Crippen molar-refractivity contribution in [1.29, 1.82) is 0 Å². The Bertz CT molecular complexity index is 1380. The van der Waals surface area contributed by atoms with E-state index < -0.39 is 48.7 Å². The summed E-state index contributed by atoms with van der Waals surface area (Å²) >= 11 is 1.91. The molecule has 4 rings (SSSR count). The number of fused-ring (bicyclic) bond motifs is 1. The zero-order valence-electron chi connectivity index (χ0n) is 19.7. The molecule has 1 saturated heterocycles. The van der Waals surface area contributed by atoms with E-state index in [4.69, 9.17) is 15.3 Å². The van der Waals surface area contributed by atoms with E-state index in [0.717, 1.165) is 28.0 Å². The quantitative estimate of drug-likeness (QED) is 0.121. The fourth-order valence-corrected chi connectivity index (χ4v) is 5.30. The predicted molar refractivity (Wildman–Crippen MR) is 131 cm³/mol. The SMILES string of the molecule is CCOc1nnc(SC2=C(C(=O)O)N3C(=O)[C@@H](NC(=O)/C(=N/OCCF)c4csc(N)n4)[C@H]3CC2)[nH]c1=O. The molecule has 1 fully saturated rings. The average Bonchev–Trinajstić information content (AvgIpc) is 3.32. The molecule has 0 spiro atoms. The van der Waals surface area contributed by atoms with Crippen LogP contribution < -0.4 is 21.3 Å². The number of nitrogens with two attached hydrogens (primary N) is 1. The van der Waals surface area contributed by atoms with E-state index in [2.05, 4.69) is 30.6 Å². The minimum atomic E-state index is -1.36. The lowest BCUT2D eigenvalue weighted by atomic mass is 9.86. The number of nitrogens with one attached hydrogen (secondary N) is 2. The Balaban J connectivity index is 1.52. The molecule has 202 valence electrons. The molecule has 2 amide bonds. The number of aromatic amines is 1. The van der Waals surface area contributed by atoms with Crippen LogP contribution in [0.15, 0.2) is 31.1 Å². The second-order valence-electron chi connectivity index (χ2n) is 7.67. The molecule has 18 heteroatoms. The number of carbonyl (C=O) groups excluding carboxylic acids is 2. The molecule has 0 bridgehead atoms. The number of aliphatic carboxylic acids is 1. The first kappa shape index (κ1) is 27.0. The molecule has 2 aliphatic rings. The van der Waals surface area contributed by atoms with E-state index in [1.165, 1.54) is 5.38 Å². The van der Waals surface area contributed by atoms with Crippen LogP contribution in [0.1, 0.15) is 25.5 Å². The van der Waals surface area contributed by atoms with Crippen LogP contribution >= 0.6 is 23.1 Å². The van der Waals surface area contributed by atoms with Gasteiger partial charge in [0.1, 0.15) is 30.7 Å². The highest BCUT2D eigenvalue weighted by Crippen LogP contribution is 2.42. The third-order valence-electron chi connectivity index (χ3n) is 5.33. The molecule has 0 saturated carbocycles. The lowest BCUT2D eigenvalue weighted by Crippen LogP contribution is -2.72. The van der Waals surface area contributed by atoms with Crippen LogP contribution in [-0.2, 0) is 19.2 Å². The number of anilines is 1. The number of carboxylic acid groups (broad SMARTS) is 1. The number of H-pyrrole nitrogens is 1. The molecule has 15 nitrogen and oxygen atoms in total. The van der Waals surface area contributed by atoms with E-state index in [0.29, 0.717) is 6.42 Å². The molecule has 0 aromatic carbocycles. The van der Waals surface area contributed by atoms with Crippen LogP contribution in [0.25, 0.3) is 0 Å².